The summed E-state index contributed by atoms with van der Waals surface area (Å²) in [6.07, 6.45) is 5.40. The predicted molar refractivity (Wildman–Crippen MR) is 107 cm³/mol. The van der Waals surface area contributed by atoms with Crippen molar-refractivity contribution in [1.82, 2.24) is 15.3 Å². The highest BCUT2D eigenvalue weighted by Crippen LogP contribution is 2.37. The molecule has 28 heavy (non-hydrogen) atoms. The Labute approximate surface area is 163 Å². The van der Waals surface area contributed by atoms with Gasteiger partial charge in [-0.15, -0.1) is 0 Å². The smallest absolute Gasteiger partial charge is 0.427 e. The third kappa shape index (κ3) is 3.17. The van der Waals surface area contributed by atoms with Gasteiger partial charge < -0.3 is 14.6 Å². The molecule has 0 fully saturated rings. The molecule has 2 aliphatic heterocycles. The topological polar surface area (TPSA) is 86.8 Å². The van der Waals surface area contributed by atoms with Gasteiger partial charge in [0, 0.05) is 35.8 Å². The van der Waals surface area contributed by atoms with E-state index in [1.807, 2.05) is 29.2 Å². The molecule has 1 aromatic heterocycles. The SMILES string of the molecule is CCC12C=CCN(C1)C(=O)Cc1c([nH]c3ccccc13)/C(=N/NC(=O)OC)C2. The van der Waals surface area contributed by atoms with E-state index in [4.69, 9.17) is 0 Å². The number of nitrogens with zero attached hydrogens (tertiary/aromatic N) is 2. The number of para-hydroxylation sites is 1. The maximum absolute atomic E-state index is 13.1. The number of H-pyrrole nitrogens is 1. The van der Waals surface area contributed by atoms with Gasteiger partial charge in [0.1, 0.15) is 0 Å². The minimum absolute atomic E-state index is 0.107. The number of carbonyl (C=O) groups excluding carboxylic acids is 2. The average molecular weight is 380 g/mol. The maximum atomic E-state index is 13.1. The zero-order valence-electron chi connectivity index (χ0n) is 16.1. The Kier molecular flexibility index (Phi) is 4.66. The highest BCUT2D eigenvalue weighted by molar-refractivity contribution is 6.07. The van der Waals surface area contributed by atoms with Crippen LogP contribution in [0.25, 0.3) is 10.9 Å². The van der Waals surface area contributed by atoms with Crippen molar-refractivity contribution in [3.8, 4) is 0 Å². The summed E-state index contributed by atoms with van der Waals surface area (Å²) in [5.74, 6) is 0.107. The van der Waals surface area contributed by atoms with E-state index in [0.717, 1.165) is 34.3 Å². The molecule has 0 radical (unpaired) electrons. The van der Waals surface area contributed by atoms with Gasteiger partial charge in [-0.3, -0.25) is 4.79 Å². The van der Waals surface area contributed by atoms with Crippen molar-refractivity contribution in [3.05, 3.63) is 47.7 Å². The van der Waals surface area contributed by atoms with Crippen LogP contribution in [-0.2, 0) is 16.0 Å². The second kappa shape index (κ2) is 7.14. The van der Waals surface area contributed by atoms with Crippen LogP contribution in [0.2, 0.25) is 0 Å². The lowest BCUT2D eigenvalue weighted by atomic mass is 9.77. The van der Waals surface area contributed by atoms with E-state index in [0.29, 0.717) is 25.9 Å². The van der Waals surface area contributed by atoms with Crippen molar-refractivity contribution in [3.63, 3.8) is 0 Å². The minimum atomic E-state index is -0.618. The first kappa shape index (κ1) is 18.3. The van der Waals surface area contributed by atoms with E-state index in [1.165, 1.54) is 7.11 Å². The van der Waals surface area contributed by atoms with E-state index in [2.05, 4.69) is 39.3 Å². The number of aromatic amines is 1. The van der Waals surface area contributed by atoms with Crippen LogP contribution in [0.4, 0.5) is 4.79 Å². The standard InChI is InChI=1S/C21H24N4O3/c1-3-21-9-6-10-25(13-21)18(26)11-15-14-7-4-5-8-16(14)22-19(15)17(12-21)23-24-20(27)28-2/h4-9,22H,3,10-13H2,1-2H3,(H,24,27)/b23-17+. The van der Waals surface area contributed by atoms with Crippen molar-refractivity contribution in [2.75, 3.05) is 20.2 Å². The summed E-state index contributed by atoms with van der Waals surface area (Å²) in [6, 6.07) is 7.92. The lowest BCUT2D eigenvalue weighted by Crippen LogP contribution is -2.44. The Hall–Kier alpha value is -3.09. The molecule has 0 saturated heterocycles. The normalized spacial score (nSPS) is 23.1. The number of ether oxygens (including phenoxy) is 1. The van der Waals surface area contributed by atoms with E-state index in [9.17, 15) is 9.59 Å². The van der Waals surface area contributed by atoms with Crippen LogP contribution in [0.5, 0.6) is 0 Å². The molecule has 4 rings (SSSR count). The van der Waals surface area contributed by atoms with Crippen LogP contribution in [-0.4, -0.2) is 47.8 Å². The highest BCUT2D eigenvalue weighted by Gasteiger charge is 2.37. The first-order valence-electron chi connectivity index (χ1n) is 9.51. The fourth-order valence-electron chi connectivity index (χ4n) is 4.16. The maximum Gasteiger partial charge on any atom is 0.427 e. The first-order chi connectivity index (χ1) is 13.5. The van der Waals surface area contributed by atoms with E-state index < -0.39 is 6.09 Å². The average Bonchev–Trinajstić information content (AvgIpc) is 3.09. The van der Waals surface area contributed by atoms with E-state index in [-0.39, 0.29) is 11.3 Å². The number of carbonyl (C=O) groups is 2. The summed E-state index contributed by atoms with van der Waals surface area (Å²) in [5.41, 5.74) is 5.65. The number of nitrogens with one attached hydrogen (secondary N) is 2. The molecule has 2 aromatic rings. The van der Waals surface area contributed by atoms with E-state index >= 15 is 0 Å². The molecule has 2 amide bonds. The van der Waals surface area contributed by atoms with Crippen molar-refractivity contribution in [2.45, 2.75) is 26.2 Å². The van der Waals surface area contributed by atoms with Crippen LogP contribution in [0, 0.1) is 5.41 Å². The number of hydrogen-bond donors (Lipinski definition) is 2. The van der Waals surface area contributed by atoms with Crippen LogP contribution in [0.1, 0.15) is 31.0 Å². The van der Waals surface area contributed by atoms with Crippen molar-refractivity contribution < 1.29 is 14.3 Å². The number of amides is 2. The van der Waals surface area contributed by atoms with Crippen molar-refractivity contribution >= 4 is 28.6 Å². The molecule has 2 bridgehead atoms. The molecule has 2 N–H and O–H groups in total. The molecule has 0 spiro atoms. The molecule has 7 heteroatoms. The molecule has 3 heterocycles. The fourth-order valence-corrected chi connectivity index (χ4v) is 4.16. The lowest BCUT2D eigenvalue weighted by molar-refractivity contribution is -0.131. The molecule has 7 nitrogen and oxygen atoms in total. The summed E-state index contributed by atoms with van der Waals surface area (Å²) in [5, 5.41) is 5.40. The Balaban J connectivity index is 1.90. The largest absolute Gasteiger partial charge is 0.452 e. The number of fused-ring (bicyclic) bond motifs is 5. The first-order valence-corrected chi connectivity index (χ1v) is 9.51. The molecule has 0 aliphatic carbocycles. The molecule has 1 atom stereocenters. The van der Waals surface area contributed by atoms with Gasteiger partial charge in [-0.1, -0.05) is 37.3 Å². The number of rotatable bonds is 2. The van der Waals surface area contributed by atoms with Gasteiger partial charge in [0.2, 0.25) is 5.91 Å². The van der Waals surface area contributed by atoms with Gasteiger partial charge in [0.25, 0.3) is 0 Å². The van der Waals surface area contributed by atoms with Gasteiger partial charge in [-0.25, -0.2) is 10.2 Å². The number of benzene rings is 1. The second-order valence-corrected chi connectivity index (χ2v) is 7.43. The van der Waals surface area contributed by atoms with Gasteiger partial charge >= 0.3 is 6.09 Å². The number of hydrazone groups is 1. The van der Waals surface area contributed by atoms with Crippen LogP contribution < -0.4 is 5.43 Å². The molecule has 1 unspecified atom stereocenters. The van der Waals surface area contributed by atoms with Gasteiger partial charge in [-0.05, 0) is 18.1 Å². The number of aromatic nitrogens is 1. The molecular weight excluding hydrogens is 356 g/mol. The number of hydrogen-bond acceptors (Lipinski definition) is 4. The quantitative estimate of drug-likeness (QED) is 0.620. The van der Waals surface area contributed by atoms with Crippen molar-refractivity contribution in [2.24, 2.45) is 10.5 Å². The Bertz CT molecular complexity index is 991. The summed E-state index contributed by atoms with van der Waals surface area (Å²) in [6.45, 7) is 3.40. The van der Waals surface area contributed by atoms with Gasteiger partial charge in [-0.2, -0.15) is 5.10 Å². The third-order valence-electron chi connectivity index (χ3n) is 5.78. The third-order valence-corrected chi connectivity index (χ3v) is 5.78. The van der Waals surface area contributed by atoms with Crippen molar-refractivity contribution in [1.29, 1.82) is 0 Å². The summed E-state index contributed by atoms with van der Waals surface area (Å²) >= 11 is 0. The van der Waals surface area contributed by atoms with Gasteiger partial charge in [0.05, 0.1) is 24.9 Å². The zero-order chi connectivity index (χ0) is 19.7. The highest BCUT2D eigenvalue weighted by atomic mass is 16.5. The minimum Gasteiger partial charge on any atom is -0.452 e. The summed E-state index contributed by atoms with van der Waals surface area (Å²) in [7, 11) is 1.31. The van der Waals surface area contributed by atoms with Gasteiger partial charge in [0.15, 0.2) is 0 Å². The zero-order valence-corrected chi connectivity index (χ0v) is 16.1. The van der Waals surface area contributed by atoms with Crippen LogP contribution in [0.15, 0.2) is 41.5 Å². The molecule has 1 aromatic carbocycles. The Morgan fingerprint density at radius 3 is 3.00 bits per heavy atom. The second-order valence-electron chi connectivity index (χ2n) is 7.43. The molecule has 2 aliphatic rings. The fraction of sp³-hybridized carbons (Fsp3) is 0.381. The monoisotopic (exact) mass is 380 g/mol. The predicted octanol–water partition coefficient (Wildman–Crippen LogP) is 2.97. The summed E-state index contributed by atoms with van der Waals surface area (Å²) in [4.78, 5) is 30.1. The Morgan fingerprint density at radius 1 is 1.39 bits per heavy atom. The summed E-state index contributed by atoms with van der Waals surface area (Å²) < 4.78 is 4.68. The molecule has 0 saturated carbocycles. The van der Waals surface area contributed by atoms with Crippen LogP contribution >= 0.6 is 0 Å². The molecular formula is C21H24N4O3. The number of methoxy groups -OCH3 is 1. The van der Waals surface area contributed by atoms with E-state index in [1.54, 1.807) is 0 Å². The Morgan fingerprint density at radius 2 is 2.21 bits per heavy atom. The lowest BCUT2D eigenvalue weighted by Gasteiger charge is -2.38. The van der Waals surface area contributed by atoms with Crippen LogP contribution in [0.3, 0.4) is 0 Å². The molecule has 146 valence electrons.